The van der Waals surface area contributed by atoms with E-state index < -0.39 is 35.6 Å². The van der Waals surface area contributed by atoms with Crippen LogP contribution in [0.2, 0.25) is 10.0 Å². The van der Waals surface area contributed by atoms with E-state index in [2.05, 4.69) is 13.8 Å². The van der Waals surface area contributed by atoms with Gasteiger partial charge >= 0.3 is 24.6 Å². The second-order valence-electron chi connectivity index (χ2n) is 4.22. The van der Waals surface area contributed by atoms with Gasteiger partial charge in [0.1, 0.15) is 5.69 Å². The summed E-state index contributed by atoms with van der Waals surface area (Å²) >= 11 is 11.5. The number of nitrogens with zero attached hydrogens (tertiary/aromatic N) is 1. The van der Waals surface area contributed by atoms with Gasteiger partial charge < -0.3 is 0 Å². The molecule has 0 radical (unpaired) electrons. The SMILES string of the molecule is O=S(=O)(OF)C(F)(c1ncc(Cl)c2cc(Cl)ccc12)S(=O)(=O)OF. The summed E-state index contributed by atoms with van der Waals surface area (Å²) < 4.78 is 85.7. The third-order valence-electron chi connectivity index (χ3n) is 2.89. The maximum atomic E-state index is 15.0. The molecule has 7 nitrogen and oxygen atoms in total. The first-order valence-electron chi connectivity index (χ1n) is 5.54. The molecule has 0 fully saturated rings. The number of alkyl halides is 1. The van der Waals surface area contributed by atoms with Crippen LogP contribution >= 0.6 is 23.2 Å². The van der Waals surface area contributed by atoms with Crippen LogP contribution in [0.25, 0.3) is 10.8 Å². The van der Waals surface area contributed by atoms with Crippen LogP contribution in [0.1, 0.15) is 5.69 Å². The number of aromatic nitrogens is 1. The minimum Gasteiger partial charge on any atom is -0.253 e. The molecule has 0 aliphatic carbocycles. The minimum atomic E-state index is -6.22. The molecule has 0 bridgehead atoms. The Morgan fingerprint density at radius 3 is 2.04 bits per heavy atom. The topological polar surface area (TPSA) is 99.6 Å². The zero-order valence-corrected chi connectivity index (χ0v) is 14.1. The normalized spacial score (nSPS) is 13.4. The van der Waals surface area contributed by atoms with Crippen molar-refractivity contribution >= 4 is 54.2 Å². The summed E-state index contributed by atoms with van der Waals surface area (Å²) in [4.78, 5) is 3.23. The van der Waals surface area contributed by atoms with E-state index in [4.69, 9.17) is 23.2 Å². The molecule has 14 heteroatoms. The van der Waals surface area contributed by atoms with Gasteiger partial charge in [-0.25, -0.2) is 0 Å². The lowest BCUT2D eigenvalue weighted by Gasteiger charge is -2.20. The average molecular weight is 426 g/mol. The second-order valence-corrected chi connectivity index (χ2v) is 8.51. The van der Waals surface area contributed by atoms with Crippen LogP contribution in [0.4, 0.5) is 13.4 Å². The highest BCUT2D eigenvalue weighted by atomic mass is 35.5. The van der Waals surface area contributed by atoms with Crippen molar-refractivity contribution in [3.63, 3.8) is 0 Å². The van der Waals surface area contributed by atoms with Crippen LogP contribution in [-0.4, -0.2) is 21.8 Å². The van der Waals surface area contributed by atoms with Crippen molar-refractivity contribution in [1.29, 1.82) is 0 Å². The standard InChI is InChI=1S/C10H4Cl2F3NO6S2/c11-5-1-2-6-7(3-5)8(12)4-16-9(6)10(13,23(17,18)21-14)24(19,20)22-15/h1-4H. The summed E-state index contributed by atoms with van der Waals surface area (Å²) in [7, 11) is -12.4. The van der Waals surface area contributed by atoms with Crippen molar-refractivity contribution in [2.24, 2.45) is 0 Å². The Morgan fingerprint density at radius 2 is 1.54 bits per heavy atom. The van der Waals surface area contributed by atoms with E-state index in [9.17, 15) is 30.3 Å². The van der Waals surface area contributed by atoms with Gasteiger partial charge in [-0.1, -0.05) is 38.0 Å². The highest BCUT2D eigenvalue weighted by Crippen LogP contribution is 2.43. The van der Waals surface area contributed by atoms with E-state index in [-0.39, 0.29) is 15.4 Å². The molecule has 0 aliphatic heterocycles. The third kappa shape index (κ3) is 2.72. The van der Waals surface area contributed by atoms with Crippen molar-refractivity contribution < 1.29 is 39.1 Å². The van der Waals surface area contributed by atoms with E-state index in [0.29, 0.717) is 6.20 Å². The number of benzene rings is 1. The quantitative estimate of drug-likeness (QED) is 0.725. The molecule has 0 spiro atoms. The number of halogens is 5. The molecule has 1 aromatic carbocycles. The molecule has 0 unspecified atom stereocenters. The number of hydrogen-bond donors (Lipinski definition) is 0. The first-order chi connectivity index (χ1) is 11.0. The van der Waals surface area contributed by atoms with Gasteiger partial charge in [-0.3, -0.25) is 4.98 Å². The van der Waals surface area contributed by atoms with Gasteiger partial charge in [-0.05, 0) is 21.2 Å². The predicted octanol–water partition coefficient (Wildman–Crippen LogP) is 3.08. The highest BCUT2D eigenvalue weighted by molar-refractivity contribution is 8.05. The first kappa shape index (κ1) is 19.1. The molecule has 1 aromatic heterocycles. The summed E-state index contributed by atoms with van der Waals surface area (Å²) in [5, 5.41) is -0.758. The van der Waals surface area contributed by atoms with Crippen LogP contribution in [0, 0.1) is 0 Å². The Kier molecular flexibility index (Phi) is 5.01. The van der Waals surface area contributed by atoms with Crippen LogP contribution in [0.5, 0.6) is 0 Å². The summed E-state index contributed by atoms with van der Waals surface area (Å²) in [6, 6.07) is 3.18. The van der Waals surface area contributed by atoms with E-state index in [1.807, 2.05) is 0 Å². The van der Waals surface area contributed by atoms with E-state index in [1.54, 1.807) is 0 Å². The van der Waals surface area contributed by atoms with Gasteiger partial charge in [0.05, 0.1) is 5.02 Å². The number of fused-ring (bicyclic) bond motifs is 1. The molecule has 2 rings (SSSR count). The Hall–Kier alpha value is -1.18. The van der Waals surface area contributed by atoms with Gasteiger partial charge in [-0.2, -0.15) is 21.2 Å². The fourth-order valence-corrected chi connectivity index (χ4v) is 4.35. The van der Waals surface area contributed by atoms with Crippen LogP contribution in [0.15, 0.2) is 24.4 Å². The van der Waals surface area contributed by atoms with Crippen molar-refractivity contribution in [2.75, 3.05) is 0 Å². The summed E-state index contributed by atoms with van der Waals surface area (Å²) in [5.41, 5.74) is -1.45. The van der Waals surface area contributed by atoms with Gasteiger partial charge in [0.25, 0.3) is 0 Å². The van der Waals surface area contributed by atoms with Gasteiger partial charge in [0.15, 0.2) is 0 Å². The van der Waals surface area contributed by atoms with E-state index in [0.717, 1.165) is 18.2 Å². The van der Waals surface area contributed by atoms with Gasteiger partial charge in [0.2, 0.25) is 0 Å². The zero-order valence-electron chi connectivity index (χ0n) is 10.9. The Morgan fingerprint density at radius 1 is 1.00 bits per heavy atom. The maximum Gasteiger partial charge on any atom is 0.404 e. The minimum absolute atomic E-state index is 0.0696. The molecule has 0 aliphatic rings. The number of rotatable bonds is 5. The zero-order chi connectivity index (χ0) is 18.3. The lowest BCUT2D eigenvalue weighted by molar-refractivity contribution is -0.0172. The van der Waals surface area contributed by atoms with Crippen molar-refractivity contribution in [3.05, 3.63) is 40.1 Å². The lowest BCUT2D eigenvalue weighted by Crippen LogP contribution is -2.40. The predicted molar refractivity (Wildman–Crippen MR) is 76.8 cm³/mol. The van der Waals surface area contributed by atoms with Crippen molar-refractivity contribution in [1.82, 2.24) is 4.98 Å². The number of pyridine rings is 1. The van der Waals surface area contributed by atoms with Crippen molar-refractivity contribution in [2.45, 2.75) is 4.33 Å². The smallest absolute Gasteiger partial charge is 0.253 e. The highest BCUT2D eigenvalue weighted by Gasteiger charge is 2.64. The molecule has 0 saturated heterocycles. The fourth-order valence-electron chi connectivity index (χ4n) is 1.86. The third-order valence-corrected chi connectivity index (χ3v) is 6.66. The largest absolute Gasteiger partial charge is 0.404 e. The first-order valence-corrected chi connectivity index (χ1v) is 9.11. The number of hydrogen-bond acceptors (Lipinski definition) is 7. The van der Waals surface area contributed by atoms with Gasteiger partial charge in [0, 0.05) is 22.0 Å². The summed E-state index contributed by atoms with van der Waals surface area (Å²) in [5.74, 6) is 0. The Bertz CT molecular complexity index is 981. The van der Waals surface area contributed by atoms with E-state index >= 15 is 0 Å². The monoisotopic (exact) mass is 425 g/mol. The summed E-state index contributed by atoms with van der Waals surface area (Å²) in [6.07, 6.45) is 0.658. The molecule has 2 aromatic rings. The van der Waals surface area contributed by atoms with Crippen LogP contribution in [-0.2, 0) is 33.3 Å². The molecule has 0 amide bonds. The van der Waals surface area contributed by atoms with Crippen LogP contribution in [0.3, 0.4) is 0 Å². The fraction of sp³-hybridized carbons (Fsp3) is 0.100. The molecule has 0 N–H and O–H groups in total. The van der Waals surface area contributed by atoms with Crippen LogP contribution < -0.4 is 0 Å². The summed E-state index contributed by atoms with van der Waals surface area (Å²) in [6.45, 7) is 0. The Balaban J connectivity index is 3.04. The molecular formula is C10H4Cl2F3NO6S2. The van der Waals surface area contributed by atoms with E-state index in [1.165, 1.54) is 0 Å². The second kappa shape index (κ2) is 6.28. The Labute approximate surface area is 142 Å². The molecule has 1 heterocycles. The lowest BCUT2D eigenvalue weighted by atomic mass is 10.1. The van der Waals surface area contributed by atoms with Crippen molar-refractivity contribution in [3.8, 4) is 0 Å². The average Bonchev–Trinajstić information content (AvgIpc) is 2.54. The molecule has 24 heavy (non-hydrogen) atoms. The molecule has 132 valence electrons. The molecular weight excluding hydrogens is 422 g/mol. The van der Waals surface area contributed by atoms with Gasteiger partial charge in [-0.15, -0.1) is 0 Å². The molecule has 0 atom stereocenters. The molecule has 0 saturated carbocycles. The maximum absolute atomic E-state index is 15.0.